The molecule has 0 rings (SSSR count). The minimum Gasteiger partial charge on any atom is -0.756 e. The summed E-state index contributed by atoms with van der Waals surface area (Å²) in [5.41, 5.74) is 0. The van der Waals surface area contributed by atoms with Crippen LogP contribution >= 0.6 is 7.82 Å². The van der Waals surface area contributed by atoms with Crippen molar-refractivity contribution in [3.8, 4) is 0 Å². The molecule has 0 aliphatic carbocycles. The molecule has 0 amide bonds. The van der Waals surface area contributed by atoms with Gasteiger partial charge >= 0.3 is 11.9 Å². The fourth-order valence-corrected chi connectivity index (χ4v) is 8.40. The van der Waals surface area contributed by atoms with Crippen LogP contribution in [0.3, 0.4) is 0 Å². The van der Waals surface area contributed by atoms with Gasteiger partial charge in [-0.15, -0.1) is 0 Å². The van der Waals surface area contributed by atoms with Crippen molar-refractivity contribution in [1.82, 2.24) is 0 Å². The monoisotopic (exact) mass is 950 g/mol. The molecule has 0 aromatic heterocycles. The first-order valence-electron chi connectivity index (χ1n) is 27.3. The van der Waals surface area contributed by atoms with Gasteiger partial charge in [0.05, 0.1) is 27.7 Å². The maximum absolute atomic E-state index is 12.7. The van der Waals surface area contributed by atoms with Crippen molar-refractivity contribution in [3.63, 3.8) is 0 Å². The van der Waals surface area contributed by atoms with Gasteiger partial charge in [0, 0.05) is 12.8 Å². The van der Waals surface area contributed by atoms with Gasteiger partial charge in [-0.05, 0) is 38.5 Å². The summed E-state index contributed by atoms with van der Waals surface area (Å²) in [4.78, 5) is 37.6. The highest BCUT2D eigenvalue weighted by Crippen LogP contribution is 2.38. The summed E-state index contributed by atoms with van der Waals surface area (Å²) in [6, 6.07) is 0. The van der Waals surface area contributed by atoms with Gasteiger partial charge in [-0.2, -0.15) is 0 Å². The lowest BCUT2D eigenvalue weighted by molar-refractivity contribution is -0.870. The van der Waals surface area contributed by atoms with Crippen LogP contribution < -0.4 is 4.89 Å². The van der Waals surface area contributed by atoms with Gasteiger partial charge in [-0.1, -0.05) is 242 Å². The Balaban J connectivity index is 4.06. The van der Waals surface area contributed by atoms with Crippen LogP contribution in [0.4, 0.5) is 0 Å². The standard InChI is InChI=1S/C56H104NO8P/c1-6-8-10-12-14-16-18-20-21-22-23-24-25-26-27-28-29-30-31-32-33-34-35-37-38-40-42-44-46-48-55(58)62-52-54(53-64-66(60,61)63-51-50-57(3,4)5)65-56(59)49-47-45-43-41-39-36-19-17-15-13-11-9-7-2/h9,11,15,17,36,39,43,45,54H,6-8,10,12-14,16,18-35,37-38,40-42,44,46-53H2,1-5H3/b11-9-,17-15-,39-36-,45-43-. The average molecular weight is 950 g/mol. The summed E-state index contributed by atoms with van der Waals surface area (Å²) >= 11 is 0. The first-order valence-corrected chi connectivity index (χ1v) is 28.8. The summed E-state index contributed by atoms with van der Waals surface area (Å²) < 4.78 is 33.9. The Morgan fingerprint density at radius 2 is 0.864 bits per heavy atom. The molecular weight excluding hydrogens is 846 g/mol. The van der Waals surface area contributed by atoms with Crippen LogP contribution in [0.1, 0.15) is 245 Å². The van der Waals surface area contributed by atoms with Gasteiger partial charge in [0.1, 0.15) is 19.8 Å². The predicted molar refractivity (Wildman–Crippen MR) is 277 cm³/mol. The molecule has 10 heteroatoms. The van der Waals surface area contributed by atoms with E-state index in [4.69, 9.17) is 18.5 Å². The van der Waals surface area contributed by atoms with Gasteiger partial charge in [0.2, 0.25) is 0 Å². The topological polar surface area (TPSA) is 111 Å². The molecule has 0 radical (unpaired) electrons. The van der Waals surface area contributed by atoms with E-state index in [9.17, 15) is 19.0 Å². The number of nitrogens with zero attached hydrogens (tertiary/aromatic N) is 1. The van der Waals surface area contributed by atoms with Crippen LogP contribution in [-0.2, 0) is 32.7 Å². The van der Waals surface area contributed by atoms with Gasteiger partial charge < -0.3 is 27.9 Å². The van der Waals surface area contributed by atoms with E-state index in [0.717, 1.165) is 44.9 Å². The van der Waals surface area contributed by atoms with E-state index in [1.807, 2.05) is 33.3 Å². The Bertz CT molecular complexity index is 1260. The van der Waals surface area contributed by atoms with Crippen LogP contribution in [0.15, 0.2) is 48.6 Å². The molecule has 0 heterocycles. The van der Waals surface area contributed by atoms with Crippen LogP contribution in [0.5, 0.6) is 0 Å². The number of rotatable bonds is 50. The Labute approximate surface area is 407 Å². The Hall–Kier alpha value is -2.03. The number of carbonyl (C=O) groups is 2. The number of ether oxygens (including phenoxy) is 2. The molecule has 0 aliphatic heterocycles. The van der Waals surface area contributed by atoms with E-state index in [0.29, 0.717) is 17.4 Å². The van der Waals surface area contributed by atoms with Crippen molar-refractivity contribution in [2.45, 2.75) is 251 Å². The van der Waals surface area contributed by atoms with Crippen LogP contribution in [0.25, 0.3) is 0 Å². The van der Waals surface area contributed by atoms with E-state index in [2.05, 4.69) is 50.3 Å². The van der Waals surface area contributed by atoms with Crippen molar-refractivity contribution in [2.75, 3.05) is 47.5 Å². The quantitative estimate of drug-likeness (QED) is 0.0195. The molecule has 0 spiro atoms. The molecule has 386 valence electrons. The van der Waals surface area contributed by atoms with Gasteiger partial charge in [0.25, 0.3) is 7.82 Å². The lowest BCUT2D eigenvalue weighted by Gasteiger charge is -2.28. The van der Waals surface area contributed by atoms with Crippen molar-refractivity contribution >= 4 is 19.8 Å². The minimum absolute atomic E-state index is 0.0434. The molecule has 66 heavy (non-hydrogen) atoms. The molecule has 2 unspecified atom stereocenters. The zero-order valence-corrected chi connectivity index (χ0v) is 44.5. The van der Waals surface area contributed by atoms with Crippen molar-refractivity contribution < 1.29 is 42.1 Å². The summed E-state index contributed by atoms with van der Waals surface area (Å²) in [6.45, 7) is 4.06. The van der Waals surface area contributed by atoms with E-state index in [-0.39, 0.29) is 26.1 Å². The number of quaternary nitrogens is 1. The average Bonchev–Trinajstić information content (AvgIpc) is 3.27. The number of unbranched alkanes of at least 4 members (excludes halogenated alkanes) is 28. The highest BCUT2D eigenvalue weighted by Gasteiger charge is 2.21. The lowest BCUT2D eigenvalue weighted by Crippen LogP contribution is -2.37. The molecule has 0 aromatic carbocycles. The molecule has 0 aromatic rings. The zero-order valence-electron chi connectivity index (χ0n) is 43.6. The lowest BCUT2D eigenvalue weighted by atomic mass is 10.0. The maximum Gasteiger partial charge on any atom is 0.306 e. The number of allylic oxidation sites excluding steroid dienone is 8. The molecule has 0 bridgehead atoms. The maximum atomic E-state index is 12.7. The second-order valence-electron chi connectivity index (χ2n) is 19.6. The van der Waals surface area contributed by atoms with Crippen LogP contribution in [0, 0.1) is 0 Å². The van der Waals surface area contributed by atoms with Crippen LogP contribution in [0.2, 0.25) is 0 Å². The number of phosphoric ester groups is 1. The second-order valence-corrected chi connectivity index (χ2v) is 21.0. The molecule has 0 fully saturated rings. The third-order valence-electron chi connectivity index (χ3n) is 11.9. The summed E-state index contributed by atoms with van der Waals surface area (Å²) in [5.74, 6) is -0.921. The number of phosphoric acid groups is 1. The van der Waals surface area contributed by atoms with Gasteiger partial charge in [-0.3, -0.25) is 14.2 Å². The second kappa shape index (κ2) is 48.0. The highest BCUT2D eigenvalue weighted by atomic mass is 31.2. The summed E-state index contributed by atoms with van der Waals surface area (Å²) in [7, 11) is 1.13. The number of hydrogen-bond donors (Lipinski definition) is 0. The van der Waals surface area contributed by atoms with Crippen molar-refractivity contribution in [2.24, 2.45) is 0 Å². The third kappa shape index (κ3) is 51.4. The molecule has 9 nitrogen and oxygen atoms in total. The summed E-state index contributed by atoms with van der Waals surface area (Å²) in [5, 5.41) is 0. The largest absolute Gasteiger partial charge is 0.756 e. The fourth-order valence-electron chi connectivity index (χ4n) is 7.67. The van der Waals surface area contributed by atoms with Crippen LogP contribution in [-0.4, -0.2) is 70.0 Å². The molecule has 2 atom stereocenters. The molecule has 0 N–H and O–H groups in total. The Morgan fingerprint density at radius 3 is 1.26 bits per heavy atom. The normalized spacial score (nSPS) is 13.7. The fraction of sp³-hybridized carbons (Fsp3) is 0.821. The summed E-state index contributed by atoms with van der Waals surface area (Å²) in [6.07, 6.45) is 59.2. The zero-order chi connectivity index (χ0) is 48.5. The molecule has 0 saturated carbocycles. The Morgan fingerprint density at radius 1 is 0.485 bits per heavy atom. The predicted octanol–water partition coefficient (Wildman–Crippen LogP) is 16.0. The minimum atomic E-state index is -4.65. The van der Waals surface area contributed by atoms with E-state index in [1.54, 1.807) is 0 Å². The first kappa shape index (κ1) is 64.0. The van der Waals surface area contributed by atoms with E-state index >= 15 is 0 Å². The molecule has 0 aliphatic rings. The van der Waals surface area contributed by atoms with E-state index < -0.39 is 32.5 Å². The SMILES string of the molecule is CC/C=C\C/C=C\C/C=C\C/C=C\CCC(=O)OC(COC(=O)CCCCCCCCCCCCCCCCCCCCCCCCCCCCCCC)COP(=O)([O-])OCC[N+](C)(C)C. The number of esters is 2. The third-order valence-corrected chi connectivity index (χ3v) is 12.8. The Kier molecular flexibility index (Phi) is 46.5. The van der Waals surface area contributed by atoms with Gasteiger partial charge in [0.15, 0.2) is 6.10 Å². The number of likely N-dealkylation sites (N-methyl/N-ethyl adjacent to an activating group) is 1. The molecule has 0 saturated heterocycles. The van der Waals surface area contributed by atoms with Crippen molar-refractivity contribution in [1.29, 1.82) is 0 Å². The smallest absolute Gasteiger partial charge is 0.306 e. The highest BCUT2D eigenvalue weighted by molar-refractivity contribution is 7.45. The van der Waals surface area contributed by atoms with Crippen molar-refractivity contribution in [3.05, 3.63) is 48.6 Å². The molecular formula is C56H104NO8P. The van der Waals surface area contributed by atoms with Gasteiger partial charge in [-0.25, -0.2) is 0 Å². The number of hydrogen-bond acceptors (Lipinski definition) is 8. The van der Waals surface area contributed by atoms with E-state index in [1.165, 1.54) is 167 Å². The first-order chi connectivity index (χ1) is 32.0. The number of carbonyl (C=O) groups excluding carboxylic acids is 2.